The minimum Gasteiger partial charge on any atom is -0.293 e. The van der Waals surface area contributed by atoms with Crippen LogP contribution in [0.5, 0.6) is 0 Å². The largest absolute Gasteiger partial charge is 0.293 e. The maximum atomic E-state index is 13.7. The number of halogens is 1. The summed E-state index contributed by atoms with van der Waals surface area (Å²) in [7, 11) is 0. The van der Waals surface area contributed by atoms with Crippen LogP contribution in [-0.2, 0) is 12.8 Å². The molecule has 0 saturated heterocycles. The predicted octanol–water partition coefficient (Wildman–Crippen LogP) is 6.20. The van der Waals surface area contributed by atoms with Gasteiger partial charge in [-0.1, -0.05) is 48.5 Å². The van der Waals surface area contributed by atoms with Crippen LogP contribution in [0.2, 0.25) is 5.02 Å². The van der Waals surface area contributed by atoms with E-state index in [1.165, 1.54) is 22.2 Å². The molecule has 0 spiro atoms. The Kier molecular flexibility index (Phi) is 5.93. The lowest BCUT2D eigenvalue weighted by Gasteiger charge is -2.17. The van der Waals surface area contributed by atoms with Crippen LogP contribution in [0.1, 0.15) is 34.1 Å². The first-order valence-electron chi connectivity index (χ1n) is 10.6. The van der Waals surface area contributed by atoms with Gasteiger partial charge in [0.1, 0.15) is 4.83 Å². The first-order chi connectivity index (χ1) is 15.5. The van der Waals surface area contributed by atoms with Crippen molar-refractivity contribution < 1.29 is 4.79 Å². The smallest absolute Gasteiger partial charge is 0.267 e. The van der Waals surface area contributed by atoms with Crippen molar-refractivity contribution in [3.05, 3.63) is 86.0 Å². The van der Waals surface area contributed by atoms with E-state index in [2.05, 4.69) is 6.92 Å². The Balaban J connectivity index is 1.58. The molecule has 7 heteroatoms. The molecule has 0 aliphatic heterocycles. The van der Waals surface area contributed by atoms with Crippen molar-refractivity contribution in [2.45, 2.75) is 31.3 Å². The average Bonchev–Trinajstić information content (AvgIpc) is 3.16. The molecule has 4 aromatic rings. The Bertz CT molecular complexity index is 1360. The van der Waals surface area contributed by atoms with Crippen molar-refractivity contribution >= 4 is 50.7 Å². The number of hydrogen-bond donors (Lipinski definition) is 0. The lowest BCUT2D eigenvalue weighted by molar-refractivity contribution is 0.102. The number of rotatable bonds is 5. The van der Waals surface area contributed by atoms with Gasteiger partial charge < -0.3 is 0 Å². The van der Waals surface area contributed by atoms with Crippen LogP contribution in [0.15, 0.2) is 64.5 Å². The second-order valence-electron chi connectivity index (χ2n) is 8.12. The number of thiophene rings is 1. The molecule has 0 N–H and O–H groups in total. The Morgan fingerprint density at radius 3 is 2.69 bits per heavy atom. The van der Waals surface area contributed by atoms with Crippen LogP contribution >= 0.6 is 34.7 Å². The van der Waals surface area contributed by atoms with Gasteiger partial charge in [0.25, 0.3) is 5.56 Å². The molecule has 1 aliphatic carbocycles. The van der Waals surface area contributed by atoms with Crippen molar-refractivity contribution in [2.24, 2.45) is 5.92 Å². The van der Waals surface area contributed by atoms with E-state index in [0.29, 0.717) is 21.7 Å². The number of carbonyl (C=O) groups excluding carboxylic acids is 1. The molecule has 2 aromatic carbocycles. The predicted molar refractivity (Wildman–Crippen MR) is 133 cm³/mol. The summed E-state index contributed by atoms with van der Waals surface area (Å²) in [5, 5.41) is 1.88. The summed E-state index contributed by atoms with van der Waals surface area (Å²) in [5.74, 6) is 0.784. The summed E-state index contributed by atoms with van der Waals surface area (Å²) in [4.78, 5) is 33.4. The highest BCUT2D eigenvalue weighted by Gasteiger charge is 2.25. The molecule has 0 saturated carbocycles. The number of benzene rings is 2. The summed E-state index contributed by atoms with van der Waals surface area (Å²) in [6.45, 7) is 2.26. The second-order valence-corrected chi connectivity index (χ2v) is 10.6. The Morgan fingerprint density at radius 2 is 1.94 bits per heavy atom. The molecule has 0 bridgehead atoms. The highest BCUT2D eigenvalue weighted by molar-refractivity contribution is 7.99. The number of thioether (sulfide) groups is 1. The van der Waals surface area contributed by atoms with Crippen molar-refractivity contribution in [3.8, 4) is 5.69 Å². The number of nitrogens with zero attached hydrogens (tertiary/aromatic N) is 2. The van der Waals surface area contributed by atoms with E-state index < -0.39 is 0 Å². The quantitative estimate of drug-likeness (QED) is 0.194. The normalized spacial score (nSPS) is 15.6. The van der Waals surface area contributed by atoms with Gasteiger partial charge in [-0.2, -0.15) is 0 Å². The molecule has 0 unspecified atom stereocenters. The molecule has 162 valence electrons. The van der Waals surface area contributed by atoms with Gasteiger partial charge in [-0.3, -0.25) is 14.2 Å². The van der Waals surface area contributed by atoms with Gasteiger partial charge in [-0.05, 0) is 67.1 Å². The standard InChI is InChI=1S/C25H21ClN2O2S2/c1-15-7-12-19-21(13-15)32-23-22(19)24(30)28(18-5-3-2-4-6-18)25(27-23)31-14-20(29)16-8-10-17(26)11-9-16/h2-6,8-11,15H,7,12-14H2,1H3/t15-/m1/s1. The van der Waals surface area contributed by atoms with E-state index in [1.54, 1.807) is 40.2 Å². The SMILES string of the molecule is C[C@@H]1CCc2c(sc3nc(SCC(=O)c4ccc(Cl)cc4)n(-c4ccccc4)c(=O)c23)C1. The zero-order chi connectivity index (χ0) is 22.2. The van der Waals surface area contributed by atoms with Gasteiger partial charge in [0.2, 0.25) is 0 Å². The molecule has 1 atom stereocenters. The minimum absolute atomic E-state index is 0.0278. The van der Waals surface area contributed by atoms with Crippen LogP contribution in [0, 0.1) is 5.92 Å². The van der Waals surface area contributed by atoms with Gasteiger partial charge in [-0.15, -0.1) is 11.3 Å². The van der Waals surface area contributed by atoms with Gasteiger partial charge in [0.15, 0.2) is 10.9 Å². The first kappa shape index (κ1) is 21.4. The highest BCUT2D eigenvalue weighted by Crippen LogP contribution is 2.37. The van der Waals surface area contributed by atoms with Gasteiger partial charge >= 0.3 is 0 Å². The fourth-order valence-corrected chi connectivity index (χ4v) is 6.58. The number of carbonyl (C=O) groups is 1. The van der Waals surface area contributed by atoms with Crippen LogP contribution < -0.4 is 5.56 Å². The Hall–Kier alpha value is -2.41. The molecule has 0 amide bonds. The molecule has 0 fully saturated rings. The summed E-state index contributed by atoms with van der Waals surface area (Å²) in [6, 6.07) is 16.4. The van der Waals surface area contributed by atoms with E-state index >= 15 is 0 Å². The topological polar surface area (TPSA) is 52.0 Å². The lowest BCUT2D eigenvalue weighted by Crippen LogP contribution is -2.23. The third kappa shape index (κ3) is 4.03. The number of aryl methyl sites for hydroxylation is 1. The summed E-state index contributed by atoms with van der Waals surface area (Å²) < 4.78 is 1.66. The van der Waals surface area contributed by atoms with Crippen molar-refractivity contribution in [1.82, 2.24) is 9.55 Å². The number of ketones is 1. The average molecular weight is 481 g/mol. The van der Waals surface area contributed by atoms with Gasteiger partial charge in [0, 0.05) is 15.5 Å². The van der Waals surface area contributed by atoms with Crippen molar-refractivity contribution in [1.29, 1.82) is 0 Å². The van der Waals surface area contributed by atoms with Gasteiger partial charge in [0.05, 0.1) is 16.8 Å². The number of Topliss-reactive ketones (excluding diaryl/α,β-unsaturated/α-hetero) is 1. The molecular formula is C25H21ClN2O2S2. The van der Waals surface area contributed by atoms with E-state index in [4.69, 9.17) is 16.6 Å². The van der Waals surface area contributed by atoms with Crippen molar-refractivity contribution in [2.75, 3.05) is 5.75 Å². The van der Waals surface area contributed by atoms with E-state index in [-0.39, 0.29) is 17.1 Å². The maximum Gasteiger partial charge on any atom is 0.267 e. The monoisotopic (exact) mass is 480 g/mol. The molecule has 1 aliphatic rings. The van der Waals surface area contributed by atoms with E-state index in [9.17, 15) is 9.59 Å². The molecule has 2 heterocycles. The highest BCUT2D eigenvalue weighted by atomic mass is 35.5. The second kappa shape index (κ2) is 8.85. The zero-order valence-corrected chi connectivity index (χ0v) is 19.9. The number of para-hydroxylation sites is 1. The molecular weight excluding hydrogens is 460 g/mol. The maximum absolute atomic E-state index is 13.7. The van der Waals surface area contributed by atoms with E-state index in [0.717, 1.165) is 35.2 Å². The Morgan fingerprint density at radius 1 is 1.19 bits per heavy atom. The molecule has 0 radical (unpaired) electrons. The number of aromatic nitrogens is 2. The number of hydrogen-bond acceptors (Lipinski definition) is 5. The summed E-state index contributed by atoms with van der Waals surface area (Å²) in [6.07, 6.45) is 3.01. The third-order valence-corrected chi connectivity index (χ3v) is 8.15. The van der Waals surface area contributed by atoms with Crippen molar-refractivity contribution in [3.63, 3.8) is 0 Å². The van der Waals surface area contributed by atoms with Crippen LogP contribution in [0.25, 0.3) is 15.9 Å². The molecule has 5 rings (SSSR count). The van der Waals surface area contributed by atoms with Gasteiger partial charge in [-0.25, -0.2) is 4.98 Å². The molecule has 2 aromatic heterocycles. The number of fused-ring (bicyclic) bond motifs is 3. The fourth-order valence-electron chi connectivity index (χ4n) is 4.12. The third-order valence-electron chi connectivity index (χ3n) is 5.81. The first-order valence-corrected chi connectivity index (χ1v) is 12.7. The molecule has 32 heavy (non-hydrogen) atoms. The zero-order valence-electron chi connectivity index (χ0n) is 17.5. The fraction of sp³-hybridized carbons (Fsp3) is 0.240. The van der Waals surface area contributed by atoms with Crippen LogP contribution in [0.3, 0.4) is 0 Å². The Labute approximate surface area is 199 Å². The summed E-state index contributed by atoms with van der Waals surface area (Å²) >= 11 is 8.87. The summed E-state index contributed by atoms with van der Waals surface area (Å²) in [5.41, 5.74) is 2.48. The van der Waals surface area contributed by atoms with Crippen LogP contribution in [0.4, 0.5) is 0 Å². The minimum atomic E-state index is -0.0466. The van der Waals surface area contributed by atoms with E-state index in [1.807, 2.05) is 30.3 Å². The lowest BCUT2D eigenvalue weighted by atomic mass is 9.89. The van der Waals surface area contributed by atoms with Crippen LogP contribution in [-0.4, -0.2) is 21.1 Å². The molecule has 4 nitrogen and oxygen atoms in total.